The lowest BCUT2D eigenvalue weighted by molar-refractivity contribution is -0.154. The number of rotatable bonds is 13. The fourth-order valence-corrected chi connectivity index (χ4v) is 5.90. The highest BCUT2D eigenvalue weighted by atomic mass is 35.5. The van der Waals surface area contributed by atoms with Crippen molar-refractivity contribution in [3.8, 4) is 6.01 Å². The molecule has 2 saturated carbocycles. The van der Waals surface area contributed by atoms with Gasteiger partial charge in [-0.25, -0.2) is 4.79 Å². The van der Waals surface area contributed by atoms with E-state index in [-0.39, 0.29) is 23.5 Å². The Morgan fingerprint density at radius 3 is 2.29 bits per heavy atom. The zero-order valence-corrected chi connectivity index (χ0v) is 29.1. The van der Waals surface area contributed by atoms with Crippen molar-refractivity contribution in [2.45, 2.75) is 69.2 Å². The first-order valence-electron chi connectivity index (χ1n) is 16.6. The first-order chi connectivity index (χ1) is 24.7. The van der Waals surface area contributed by atoms with Gasteiger partial charge in [-0.1, -0.05) is 43.5 Å². The van der Waals surface area contributed by atoms with Crippen LogP contribution in [0.3, 0.4) is 0 Å². The molecule has 1 heterocycles. The van der Waals surface area contributed by atoms with E-state index in [2.05, 4.69) is 48.5 Å². The third-order valence-corrected chi connectivity index (χ3v) is 8.87. The van der Waals surface area contributed by atoms with Gasteiger partial charge in [-0.05, 0) is 73.6 Å². The number of carbonyl (C=O) groups is 4. The minimum Gasteiger partial charge on any atom is -0.467 e. The van der Waals surface area contributed by atoms with Gasteiger partial charge in [0, 0.05) is 28.9 Å². The van der Waals surface area contributed by atoms with Gasteiger partial charge in [-0.3, -0.25) is 14.4 Å². The minimum absolute atomic E-state index is 0.0277. The summed E-state index contributed by atoms with van der Waals surface area (Å²) in [6, 6.07) is 10.9. The third kappa shape index (κ3) is 10.7. The number of carbonyl (C=O) groups excluding carboxylic acids is 4. The van der Waals surface area contributed by atoms with Gasteiger partial charge in [0.05, 0.1) is 12.6 Å². The van der Waals surface area contributed by atoms with E-state index in [9.17, 15) is 32.3 Å². The molecule has 1 aromatic heterocycles. The molecule has 3 aromatic rings. The Hall–Kier alpha value is -5.19. The van der Waals surface area contributed by atoms with Crippen molar-refractivity contribution in [3.63, 3.8) is 0 Å². The number of anilines is 3. The lowest BCUT2D eigenvalue weighted by Gasteiger charge is -2.27. The quantitative estimate of drug-likeness (QED) is 0.123. The second-order valence-electron chi connectivity index (χ2n) is 12.8. The van der Waals surface area contributed by atoms with Gasteiger partial charge in [-0.2, -0.15) is 28.1 Å². The molecular formula is C34H38ClF3N8O6. The monoisotopic (exact) mass is 746 g/mol. The predicted molar refractivity (Wildman–Crippen MR) is 183 cm³/mol. The van der Waals surface area contributed by atoms with E-state index in [1.807, 2.05) is 12.1 Å². The van der Waals surface area contributed by atoms with Gasteiger partial charge in [0.15, 0.2) is 6.61 Å². The number of methoxy groups -OCH3 is 1. The average Bonchev–Trinajstić information content (AvgIpc) is 3.89. The number of benzene rings is 2. The van der Waals surface area contributed by atoms with Crippen LogP contribution in [0.15, 0.2) is 48.5 Å². The Labute approximate surface area is 302 Å². The molecule has 2 aromatic carbocycles. The Morgan fingerprint density at radius 1 is 0.962 bits per heavy atom. The van der Waals surface area contributed by atoms with Crippen LogP contribution in [0, 0.1) is 5.92 Å². The molecule has 2 fully saturated rings. The van der Waals surface area contributed by atoms with Gasteiger partial charge < -0.3 is 36.1 Å². The standard InChI is InChI=1S/C34H38ClF3N8O6/c1-19-4-3-5-24(16-19)40-28(49)27(48)39-17-25(29(50)51-2)42-26(47)20-6-12-23(13-7-20)41-30-43-31(45-32(44-30)52-18-34(36,37)38)46-33(14-15-33)21-8-10-22(35)11-9-21/h6-13,19,24-25H,3-5,14-18H2,1-2H3,(H,39,48)(H,40,49)(H,42,47)(H2,41,43,44,45,46)/t19?,24?,25-/m0/s1. The van der Waals surface area contributed by atoms with Crippen LogP contribution in [0.5, 0.6) is 6.01 Å². The summed E-state index contributed by atoms with van der Waals surface area (Å²) < 4.78 is 48.4. The number of aromatic nitrogens is 3. The maximum atomic E-state index is 13.0. The van der Waals surface area contributed by atoms with Crippen LogP contribution in [0.4, 0.5) is 30.8 Å². The number of esters is 1. The van der Waals surface area contributed by atoms with Gasteiger partial charge in [0.2, 0.25) is 11.9 Å². The van der Waals surface area contributed by atoms with Crippen molar-refractivity contribution in [2.75, 3.05) is 30.9 Å². The molecule has 278 valence electrons. The van der Waals surface area contributed by atoms with E-state index >= 15 is 0 Å². The van der Waals surface area contributed by atoms with Crippen molar-refractivity contribution >= 4 is 52.9 Å². The summed E-state index contributed by atoms with van der Waals surface area (Å²) >= 11 is 6.02. The fraction of sp³-hybridized carbons (Fsp3) is 0.441. The Kier molecular flexibility index (Phi) is 12.0. The molecule has 5 rings (SSSR count). The molecule has 0 saturated heterocycles. The Balaban J connectivity index is 1.22. The van der Waals surface area contributed by atoms with E-state index in [0.717, 1.165) is 38.4 Å². The summed E-state index contributed by atoms with van der Waals surface area (Å²) in [5.41, 5.74) is 0.806. The number of hydrogen-bond donors (Lipinski definition) is 5. The van der Waals surface area contributed by atoms with E-state index in [4.69, 9.17) is 21.1 Å². The molecule has 2 aliphatic carbocycles. The number of amides is 3. The number of halogens is 4. The lowest BCUT2D eigenvalue weighted by Crippen LogP contribution is -2.52. The fourth-order valence-electron chi connectivity index (χ4n) is 5.78. The summed E-state index contributed by atoms with van der Waals surface area (Å²) in [5.74, 6) is -3.04. The molecule has 5 N–H and O–H groups in total. The van der Waals surface area contributed by atoms with Gasteiger partial charge >= 0.3 is 30.0 Å². The highest BCUT2D eigenvalue weighted by Crippen LogP contribution is 2.48. The third-order valence-electron chi connectivity index (χ3n) is 8.62. The summed E-state index contributed by atoms with van der Waals surface area (Å²) in [4.78, 5) is 62.7. The first kappa shape index (κ1) is 38.1. The molecule has 2 unspecified atom stereocenters. The smallest absolute Gasteiger partial charge is 0.422 e. The van der Waals surface area contributed by atoms with Crippen molar-refractivity contribution in [1.82, 2.24) is 30.9 Å². The van der Waals surface area contributed by atoms with Crippen LogP contribution < -0.4 is 31.3 Å². The van der Waals surface area contributed by atoms with Crippen molar-refractivity contribution in [2.24, 2.45) is 5.92 Å². The molecule has 0 bridgehead atoms. The second-order valence-corrected chi connectivity index (χ2v) is 13.2. The average molecular weight is 747 g/mol. The van der Waals surface area contributed by atoms with Crippen LogP contribution in [0.2, 0.25) is 5.02 Å². The van der Waals surface area contributed by atoms with Crippen molar-refractivity contribution < 1.29 is 41.8 Å². The normalized spacial score (nSPS) is 18.3. The summed E-state index contributed by atoms with van der Waals surface area (Å²) in [6.07, 6.45) is 0.346. The Bertz CT molecular complexity index is 1760. The molecule has 0 aliphatic heterocycles. The van der Waals surface area contributed by atoms with Crippen molar-refractivity contribution in [3.05, 3.63) is 64.7 Å². The molecule has 2 aliphatic rings. The van der Waals surface area contributed by atoms with E-state index in [1.165, 1.54) is 24.3 Å². The maximum absolute atomic E-state index is 13.0. The van der Waals surface area contributed by atoms with Gasteiger partial charge in [0.25, 0.3) is 5.91 Å². The molecule has 3 amide bonds. The van der Waals surface area contributed by atoms with Gasteiger partial charge in [-0.15, -0.1) is 0 Å². The molecule has 0 radical (unpaired) electrons. The number of ether oxygens (including phenoxy) is 2. The largest absolute Gasteiger partial charge is 0.467 e. The summed E-state index contributed by atoms with van der Waals surface area (Å²) in [5, 5.41) is 14.2. The predicted octanol–water partition coefficient (Wildman–Crippen LogP) is 4.39. The number of nitrogens with zero attached hydrogens (tertiary/aromatic N) is 3. The second kappa shape index (κ2) is 16.4. The maximum Gasteiger partial charge on any atom is 0.422 e. The van der Waals surface area contributed by atoms with Crippen LogP contribution in [0.1, 0.15) is 61.4 Å². The van der Waals surface area contributed by atoms with E-state index in [1.54, 1.807) is 12.1 Å². The molecule has 3 atom stereocenters. The first-order valence-corrected chi connectivity index (χ1v) is 16.9. The number of hydrogen-bond acceptors (Lipinski definition) is 11. The zero-order valence-electron chi connectivity index (χ0n) is 28.3. The van der Waals surface area contributed by atoms with Crippen LogP contribution in [0.25, 0.3) is 0 Å². The highest BCUT2D eigenvalue weighted by Gasteiger charge is 2.45. The van der Waals surface area contributed by atoms with Crippen LogP contribution in [-0.4, -0.2) is 77.2 Å². The van der Waals surface area contributed by atoms with E-state index < -0.39 is 60.6 Å². The molecule has 52 heavy (non-hydrogen) atoms. The number of nitrogens with one attached hydrogen (secondary N) is 5. The zero-order chi connectivity index (χ0) is 37.5. The molecule has 18 heteroatoms. The van der Waals surface area contributed by atoms with Crippen molar-refractivity contribution in [1.29, 1.82) is 0 Å². The molecule has 14 nitrogen and oxygen atoms in total. The van der Waals surface area contributed by atoms with E-state index in [0.29, 0.717) is 29.5 Å². The SMILES string of the molecule is COC(=O)[C@H](CNC(=O)C(=O)NC1CCCC(C)C1)NC(=O)c1ccc(Nc2nc(NC3(c4ccc(Cl)cc4)CC3)nc(OCC(F)(F)F)n2)cc1. The summed E-state index contributed by atoms with van der Waals surface area (Å²) in [6.45, 7) is 0.0592. The minimum atomic E-state index is -4.63. The highest BCUT2D eigenvalue weighted by molar-refractivity contribution is 6.35. The van der Waals surface area contributed by atoms with Crippen LogP contribution in [-0.2, 0) is 24.7 Å². The van der Waals surface area contributed by atoms with Crippen LogP contribution >= 0.6 is 11.6 Å². The summed E-state index contributed by atoms with van der Waals surface area (Å²) in [7, 11) is 1.12. The topological polar surface area (TPSA) is 186 Å². The molecule has 0 spiro atoms. The Morgan fingerprint density at radius 2 is 1.65 bits per heavy atom. The molecular weight excluding hydrogens is 709 g/mol. The lowest BCUT2D eigenvalue weighted by atomic mass is 9.87. The number of alkyl halides is 3. The van der Waals surface area contributed by atoms with Gasteiger partial charge in [0.1, 0.15) is 6.04 Å².